The smallest absolute Gasteiger partial charge is 0.136 e. The fraction of sp³-hybridized carbons (Fsp3) is 0.0435. The van der Waals surface area contributed by atoms with Gasteiger partial charge < -0.3 is 4.42 Å². The van der Waals surface area contributed by atoms with E-state index in [1.165, 1.54) is 5.56 Å². The van der Waals surface area contributed by atoms with Gasteiger partial charge in [-0.15, -0.1) is 0 Å². The summed E-state index contributed by atoms with van der Waals surface area (Å²) in [5.41, 5.74) is 5.34. The third kappa shape index (κ3) is 2.89. The Morgan fingerprint density at radius 1 is 0.583 bits per heavy atom. The van der Waals surface area contributed by atoms with E-state index in [1.54, 1.807) is 0 Å². The molecule has 3 aromatic carbocycles. The summed E-state index contributed by atoms with van der Waals surface area (Å²) >= 11 is 0. The molecule has 1 heteroatoms. The third-order valence-electron chi connectivity index (χ3n) is 4.15. The van der Waals surface area contributed by atoms with Crippen LogP contribution in [-0.2, 0) is 0 Å². The van der Waals surface area contributed by atoms with Gasteiger partial charge in [0.15, 0.2) is 0 Å². The summed E-state index contributed by atoms with van der Waals surface area (Å²) in [6, 6.07) is 27.1. The number of benzene rings is 3. The molecule has 4 rings (SSSR count). The van der Waals surface area contributed by atoms with Gasteiger partial charge >= 0.3 is 0 Å². The van der Waals surface area contributed by atoms with E-state index in [0.717, 1.165) is 32.7 Å². The van der Waals surface area contributed by atoms with Crippen LogP contribution in [0, 0.1) is 6.92 Å². The van der Waals surface area contributed by atoms with E-state index < -0.39 is 0 Å². The number of hydrogen-bond donors (Lipinski definition) is 0. The van der Waals surface area contributed by atoms with Crippen LogP contribution in [0.2, 0.25) is 0 Å². The molecule has 1 heterocycles. The first-order valence-electron chi connectivity index (χ1n) is 8.12. The molecule has 0 aliphatic rings. The minimum atomic E-state index is 0.898. The monoisotopic (exact) mass is 310 g/mol. The van der Waals surface area contributed by atoms with Crippen molar-refractivity contribution in [3.8, 4) is 0 Å². The summed E-state index contributed by atoms with van der Waals surface area (Å²) < 4.78 is 6.19. The number of aryl methyl sites for hydroxylation is 1. The van der Waals surface area contributed by atoms with E-state index >= 15 is 0 Å². The largest absolute Gasteiger partial charge is 0.456 e. The lowest BCUT2D eigenvalue weighted by Crippen LogP contribution is -2.00. The highest BCUT2D eigenvalue weighted by Crippen LogP contribution is 2.09. The zero-order valence-electron chi connectivity index (χ0n) is 13.6. The van der Waals surface area contributed by atoms with Crippen molar-refractivity contribution in [2.45, 2.75) is 6.92 Å². The topological polar surface area (TPSA) is 13.1 Å². The van der Waals surface area contributed by atoms with Crippen molar-refractivity contribution in [1.29, 1.82) is 0 Å². The van der Waals surface area contributed by atoms with Crippen LogP contribution in [0.1, 0.15) is 16.7 Å². The van der Waals surface area contributed by atoms with Gasteiger partial charge in [-0.1, -0.05) is 84.4 Å². The predicted molar refractivity (Wildman–Crippen MR) is 100 cm³/mol. The molecule has 0 spiro atoms. The number of rotatable bonds is 2. The van der Waals surface area contributed by atoms with Crippen LogP contribution in [0.3, 0.4) is 0 Å². The predicted octanol–water partition coefficient (Wildman–Crippen LogP) is 4.40. The third-order valence-corrected chi connectivity index (χ3v) is 4.15. The number of fused-ring (bicyclic) bond motifs is 1. The highest BCUT2D eigenvalue weighted by atomic mass is 16.3. The van der Waals surface area contributed by atoms with E-state index in [9.17, 15) is 0 Å². The van der Waals surface area contributed by atoms with Crippen molar-refractivity contribution in [2.75, 3.05) is 0 Å². The van der Waals surface area contributed by atoms with Gasteiger partial charge in [-0.3, -0.25) is 0 Å². The summed E-state index contributed by atoms with van der Waals surface area (Å²) in [5, 5.41) is 2.28. The lowest BCUT2D eigenvalue weighted by atomic mass is 10.1. The maximum atomic E-state index is 6.19. The van der Waals surface area contributed by atoms with Crippen molar-refractivity contribution in [3.05, 3.63) is 106 Å². The van der Waals surface area contributed by atoms with Crippen LogP contribution in [0.25, 0.3) is 22.9 Å². The van der Waals surface area contributed by atoms with E-state index in [-0.39, 0.29) is 0 Å². The molecule has 1 nitrogen and oxygen atoms in total. The summed E-state index contributed by atoms with van der Waals surface area (Å²) in [5.74, 6) is 0. The minimum absolute atomic E-state index is 0.898. The molecule has 116 valence electrons. The average Bonchev–Trinajstić information content (AvgIpc) is 2.96. The Labute approximate surface area is 141 Å². The Bertz CT molecular complexity index is 1080. The van der Waals surface area contributed by atoms with Gasteiger partial charge in [0.05, 0.1) is 0 Å². The average molecular weight is 310 g/mol. The molecule has 0 aliphatic carbocycles. The standard InChI is InChI=1S/C23H18O/c1-17-11-13-19(14-12-17)16-23-21-10-6-5-9-20(21)22(24-23)15-18-7-3-2-4-8-18/h2-16H,1H3/b22-15+,23-16+. The van der Waals surface area contributed by atoms with E-state index in [0.29, 0.717) is 0 Å². The second-order valence-corrected chi connectivity index (χ2v) is 5.99. The molecule has 0 unspecified atom stereocenters. The molecule has 4 aromatic rings. The zero-order chi connectivity index (χ0) is 16.4. The first-order chi connectivity index (χ1) is 11.8. The van der Waals surface area contributed by atoms with Gasteiger partial charge in [0, 0.05) is 10.8 Å². The molecular weight excluding hydrogens is 292 g/mol. The SMILES string of the molecule is Cc1ccc(/C=c2/o/c(=C/c3ccccc3)c3ccccc23)cc1. The number of furan rings is 1. The fourth-order valence-electron chi connectivity index (χ4n) is 2.87. The van der Waals surface area contributed by atoms with Gasteiger partial charge in [0.2, 0.25) is 0 Å². The Balaban J connectivity index is 1.95. The minimum Gasteiger partial charge on any atom is -0.456 e. The molecule has 0 N–H and O–H groups in total. The lowest BCUT2D eigenvalue weighted by molar-refractivity contribution is 0.508. The summed E-state index contributed by atoms with van der Waals surface area (Å²) in [4.78, 5) is 0. The Kier molecular flexibility index (Phi) is 3.76. The van der Waals surface area contributed by atoms with Gasteiger partial charge in [-0.25, -0.2) is 0 Å². The van der Waals surface area contributed by atoms with Crippen LogP contribution in [-0.4, -0.2) is 0 Å². The second-order valence-electron chi connectivity index (χ2n) is 5.99. The maximum Gasteiger partial charge on any atom is 0.136 e. The first-order valence-corrected chi connectivity index (χ1v) is 8.12. The Morgan fingerprint density at radius 3 is 1.67 bits per heavy atom. The summed E-state index contributed by atoms with van der Waals surface area (Å²) in [6.07, 6.45) is 4.19. The van der Waals surface area contributed by atoms with E-state index in [2.05, 4.69) is 79.7 Å². The quantitative estimate of drug-likeness (QED) is 0.535. The Hall–Kier alpha value is -3.06. The normalized spacial score (nSPS) is 12.9. The molecule has 24 heavy (non-hydrogen) atoms. The van der Waals surface area contributed by atoms with Gasteiger partial charge in [0.1, 0.15) is 10.8 Å². The molecular formula is C23H18O. The zero-order valence-corrected chi connectivity index (χ0v) is 13.6. The van der Waals surface area contributed by atoms with E-state index in [1.807, 2.05) is 18.2 Å². The molecule has 0 fully saturated rings. The molecule has 0 saturated heterocycles. The molecule has 0 aliphatic heterocycles. The second kappa shape index (κ2) is 6.21. The molecule has 0 saturated carbocycles. The van der Waals surface area contributed by atoms with Crippen LogP contribution in [0.5, 0.6) is 0 Å². The maximum absolute atomic E-state index is 6.19. The van der Waals surface area contributed by atoms with Crippen molar-refractivity contribution in [3.63, 3.8) is 0 Å². The molecule has 0 amide bonds. The molecule has 0 atom stereocenters. The molecule has 0 bridgehead atoms. The summed E-state index contributed by atoms with van der Waals surface area (Å²) in [7, 11) is 0. The highest BCUT2D eigenvalue weighted by Gasteiger charge is 2.03. The molecule has 1 aromatic heterocycles. The van der Waals surface area contributed by atoms with Crippen LogP contribution in [0.4, 0.5) is 0 Å². The Morgan fingerprint density at radius 2 is 1.08 bits per heavy atom. The summed E-state index contributed by atoms with van der Waals surface area (Å²) in [6.45, 7) is 2.10. The fourth-order valence-corrected chi connectivity index (χ4v) is 2.87. The van der Waals surface area contributed by atoms with Crippen LogP contribution < -0.4 is 10.8 Å². The first kappa shape index (κ1) is 14.5. The van der Waals surface area contributed by atoms with E-state index in [4.69, 9.17) is 4.42 Å². The van der Waals surface area contributed by atoms with Gasteiger partial charge in [-0.05, 0) is 30.2 Å². The lowest BCUT2D eigenvalue weighted by Gasteiger charge is -1.93. The van der Waals surface area contributed by atoms with Crippen molar-refractivity contribution < 1.29 is 4.42 Å². The highest BCUT2D eigenvalue weighted by molar-refractivity contribution is 5.84. The van der Waals surface area contributed by atoms with Crippen molar-refractivity contribution in [1.82, 2.24) is 0 Å². The van der Waals surface area contributed by atoms with Gasteiger partial charge in [-0.2, -0.15) is 0 Å². The van der Waals surface area contributed by atoms with Crippen LogP contribution >= 0.6 is 0 Å². The van der Waals surface area contributed by atoms with Crippen molar-refractivity contribution in [2.24, 2.45) is 0 Å². The van der Waals surface area contributed by atoms with Crippen molar-refractivity contribution >= 4 is 22.9 Å². The number of hydrogen-bond acceptors (Lipinski definition) is 1. The van der Waals surface area contributed by atoms with Gasteiger partial charge in [0.25, 0.3) is 0 Å². The molecule has 0 radical (unpaired) electrons. The van der Waals surface area contributed by atoms with Crippen LogP contribution in [0.15, 0.2) is 83.3 Å².